The molecule has 0 bridgehead atoms. The Hall–Kier alpha value is -0.670. The number of benzene rings is 1. The van der Waals surface area contributed by atoms with E-state index in [-0.39, 0.29) is 0 Å². The number of nitrogens with zero attached hydrogens (tertiary/aromatic N) is 1. The van der Waals surface area contributed by atoms with Crippen molar-refractivity contribution in [1.82, 2.24) is 4.90 Å². The monoisotopic (exact) mass is 283 g/mol. The zero-order valence-corrected chi connectivity index (χ0v) is 11.6. The number of halogens is 1. The molecule has 0 amide bonds. The fourth-order valence-electron chi connectivity index (χ4n) is 1.62. The summed E-state index contributed by atoms with van der Waals surface area (Å²) in [4.78, 5) is 12.6. The topological polar surface area (TPSA) is 20.3 Å². The van der Waals surface area contributed by atoms with Crippen LogP contribution in [0, 0.1) is 0 Å². The van der Waals surface area contributed by atoms with E-state index in [0.717, 1.165) is 17.3 Å². The van der Waals surface area contributed by atoms with Gasteiger partial charge in [-0.25, -0.2) is 0 Å². The Balaban J connectivity index is 2.85. The Labute approximate surface area is 106 Å². The number of aldehydes is 1. The molecule has 0 saturated carbocycles. The Bertz CT molecular complexity index is 363. The van der Waals surface area contributed by atoms with Gasteiger partial charge in [-0.2, -0.15) is 0 Å². The van der Waals surface area contributed by atoms with Crippen LogP contribution >= 0.6 is 15.9 Å². The lowest BCUT2D eigenvalue weighted by Crippen LogP contribution is -2.11. The molecule has 1 aromatic carbocycles. The van der Waals surface area contributed by atoms with E-state index >= 15 is 0 Å². The van der Waals surface area contributed by atoms with Crippen molar-refractivity contribution in [1.29, 1.82) is 0 Å². The van der Waals surface area contributed by atoms with E-state index in [0.29, 0.717) is 12.3 Å². The van der Waals surface area contributed by atoms with Gasteiger partial charge in [-0.1, -0.05) is 35.0 Å². The van der Waals surface area contributed by atoms with Crippen molar-refractivity contribution < 1.29 is 4.79 Å². The summed E-state index contributed by atoms with van der Waals surface area (Å²) in [5.41, 5.74) is 2.48. The van der Waals surface area contributed by atoms with Crippen LogP contribution in [0.25, 0.3) is 0 Å². The van der Waals surface area contributed by atoms with Crippen LogP contribution in [0.5, 0.6) is 0 Å². The molecule has 3 heteroatoms. The summed E-state index contributed by atoms with van der Waals surface area (Å²) in [5, 5.41) is 0. The molecule has 0 N–H and O–H groups in total. The fraction of sp³-hybridized carbons (Fsp3) is 0.462. The van der Waals surface area contributed by atoms with Crippen LogP contribution in [0.1, 0.15) is 30.4 Å². The van der Waals surface area contributed by atoms with Gasteiger partial charge < -0.3 is 9.69 Å². The molecule has 1 aromatic rings. The molecule has 1 unspecified atom stereocenters. The van der Waals surface area contributed by atoms with Crippen molar-refractivity contribution >= 4 is 22.2 Å². The van der Waals surface area contributed by atoms with Crippen LogP contribution < -0.4 is 0 Å². The third-order valence-electron chi connectivity index (χ3n) is 2.58. The first-order valence-corrected chi connectivity index (χ1v) is 6.20. The lowest BCUT2D eigenvalue weighted by atomic mass is 9.97. The van der Waals surface area contributed by atoms with Gasteiger partial charge in [0, 0.05) is 17.4 Å². The molecule has 0 aromatic heterocycles. The fourth-order valence-corrected chi connectivity index (χ4v) is 2.14. The van der Waals surface area contributed by atoms with E-state index in [1.807, 2.05) is 0 Å². The molecule has 0 aliphatic heterocycles. The second kappa shape index (κ2) is 6.16. The molecule has 0 radical (unpaired) electrons. The molecular formula is C13H18BrNO. The van der Waals surface area contributed by atoms with Gasteiger partial charge in [0.25, 0.3) is 0 Å². The zero-order valence-electron chi connectivity index (χ0n) is 10.0. The predicted octanol–water partition coefficient (Wildman–Crippen LogP) is 3.20. The third-order valence-corrected chi connectivity index (χ3v) is 3.32. The summed E-state index contributed by atoms with van der Waals surface area (Å²) in [7, 11) is 4.10. The highest BCUT2D eigenvalue weighted by Gasteiger charge is 2.08. The van der Waals surface area contributed by atoms with E-state index in [2.05, 4.69) is 60.0 Å². The second-order valence-electron chi connectivity index (χ2n) is 4.39. The van der Waals surface area contributed by atoms with Crippen LogP contribution in [-0.2, 0) is 11.3 Å². The van der Waals surface area contributed by atoms with Crippen LogP contribution in [0.2, 0.25) is 0 Å². The first-order valence-electron chi connectivity index (χ1n) is 5.41. The Morgan fingerprint density at radius 2 is 2.12 bits per heavy atom. The van der Waals surface area contributed by atoms with Crippen LogP contribution in [0.15, 0.2) is 22.7 Å². The molecule has 0 heterocycles. The highest BCUT2D eigenvalue weighted by Crippen LogP contribution is 2.25. The van der Waals surface area contributed by atoms with E-state index < -0.39 is 0 Å². The predicted molar refractivity (Wildman–Crippen MR) is 70.6 cm³/mol. The van der Waals surface area contributed by atoms with E-state index in [1.165, 1.54) is 11.1 Å². The summed E-state index contributed by atoms with van der Waals surface area (Å²) in [6.07, 6.45) is 1.56. The molecule has 2 nitrogen and oxygen atoms in total. The first kappa shape index (κ1) is 13.4. The van der Waals surface area contributed by atoms with Crippen LogP contribution in [-0.4, -0.2) is 25.3 Å². The molecule has 0 aliphatic carbocycles. The molecule has 0 fully saturated rings. The third kappa shape index (κ3) is 3.72. The standard InChI is InChI=1S/C13H18BrNO/c1-10(6-7-16)11-4-5-12(9-15(2)3)13(14)8-11/h4-5,7-8,10H,6,9H2,1-3H3. The minimum absolute atomic E-state index is 0.294. The van der Waals surface area contributed by atoms with Gasteiger partial charge in [0.2, 0.25) is 0 Å². The van der Waals surface area contributed by atoms with Gasteiger partial charge in [0.1, 0.15) is 6.29 Å². The van der Waals surface area contributed by atoms with Gasteiger partial charge in [-0.3, -0.25) is 0 Å². The Morgan fingerprint density at radius 3 is 2.62 bits per heavy atom. The number of rotatable bonds is 5. The average molecular weight is 284 g/mol. The molecule has 1 atom stereocenters. The minimum Gasteiger partial charge on any atom is -0.305 e. The molecule has 16 heavy (non-hydrogen) atoms. The summed E-state index contributed by atoms with van der Waals surface area (Å²) in [6, 6.07) is 6.35. The van der Waals surface area contributed by atoms with Crippen molar-refractivity contribution in [3.8, 4) is 0 Å². The lowest BCUT2D eigenvalue weighted by molar-refractivity contribution is -0.108. The van der Waals surface area contributed by atoms with Crippen molar-refractivity contribution in [2.24, 2.45) is 0 Å². The number of hydrogen-bond acceptors (Lipinski definition) is 2. The van der Waals surface area contributed by atoms with Gasteiger partial charge in [-0.05, 0) is 37.2 Å². The van der Waals surface area contributed by atoms with E-state index in [1.54, 1.807) is 0 Å². The van der Waals surface area contributed by atoms with Gasteiger partial charge in [0.15, 0.2) is 0 Å². The molecule has 1 rings (SSSR count). The molecule has 88 valence electrons. The number of carbonyl (C=O) groups is 1. The summed E-state index contributed by atoms with van der Waals surface area (Å²) >= 11 is 3.58. The molecule has 0 aliphatic rings. The van der Waals surface area contributed by atoms with Gasteiger partial charge >= 0.3 is 0 Å². The lowest BCUT2D eigenvalue weighted by Gasteiger charge is -2.14. The van der Waals surface area contributed by atoms with Crippen molar-refractivity contribution in [2.45, 2.75) is 25.8 Å². The molecular weight excluding hydrogens is 266 g/mol. The zero-order chi connectivity index (χ0) is 12.1. The van der Waals surface area contributed by atoms with E-state index in [9.17, 15) is 4.79 Å². The Kier molecular flexibility index (Phi) is 5.16. The SMILES string of the molecule is CC(CC=O)c1ccc(CN(C)C)c(Br)c1. The van der Waals surface area contributed by atoms with Crippen LogP contribution in [0.3, 0.4) is 0 Å². The van der Waals surface area contributed by atoms with Gasteiger partial charge in [-0.15, -0.1) is 0 Å². The number of carbonyl (C=O) groups excluding carboxylic acids is 1. The van der Waals surface area contributed by atoms with E-state index in [4.69, 9.17) is 0 Å². The average Bonchev–Trinajstić information content (AvgIpc) is 2.20. The maximum absolute atomic E-state index is 10.5. The second-order valence-corrected chi connectivity index (χ2v) is 5.25. The molecule has 0 saturated heterocycles. The highest BCUT2D eigenvalue weighted by molar-refractivity contribution is 9.10. The summed E-state index contributed by atoms with van der Waals surface area (Å²) < 4.78 is 1.12. The van der Waals surface area contributed by atoms with Crippen molar-refractivity contribution in [3.63, 3.8) is 0 Å². The maximum atomic E-state index is 10.5. The number of hydrogen-bond donors (Lipinski definition) is 0. The normalized spacial score (nSPS) is 12.8. The van der Waals surface area contributed by atoms with Crippen molar-refractivity contribution in [3.05, 3.63) is 33.8 Å². The quantitative estimate of drug-likeness (QED) is 0.774. The smallest absolute Gasteiger partial charge is 0.120 e. The first-order chi connectivity index (χ1) is 7.54. The van der Waals surface area contributed by atoms with Crippen LogP contribution in [0.4, 0.5) is 0 Å². The largest absolute Gasteiger partial charge is 0.305 e. The summed E-state index contributed by atoms with van der Waals surface area (Å²) in [6.45, 7) is 2.99. The van der Waals surface area contributed by atoms with Crippen molar-refractivity contribution in [2.75, 3.05) is 14.1 Å². The summed E-state index contributed by atoms with van der Waals surface area (Å²) in [5.74, 6) is 0.294. The Morgan fingerprint density at radius 1 is 1.44 bits per heavy atom. The maximum Gasteiger partial charge on any atom is 0.120 e. The highest BCUT2D eigenvalue weighted by atomic mass is 79.9. The van der Waals surface area contributed by atoms with Gasteiger partial charge in [0.05, 0.1) is 0 Å². The molecule has 0 spiro atoms. The minimum atomic E-state index is 0.294.